The van der Waals surface area contributed by atoms with Gasteiger partial charge in [0.1, 0.15) is 6.54 Å². The summed E-state index contributed by atoms with van der Waals surface area (Å²) in [5.41, 5.74) is 0. The number of amides is 1. The van der Waals surface area contributed by atoms with Gasteiger partial charge in [0.05, 0.1) is 6.33 Å². The molecule has 2 heterocycles. The summed E-state index contributed by atoms with van der Waals surface area (Å²) in [6.45, 7) is 9.12. The first kappa shape index (κ1) is 17.7. The van der Waals surface area contributed by atoms with Crippen LogP contribution in [0.5, 0.6) is 0 Å². The van der Waals surface area contributed by atoms with E-state index in [9.17, 15) is 4.79 Å². The summed E-state index contributed by atoms with van der Waals surface area (Å²) < 4.78 is 1.80. The van der Waals surface area contributed by atoms with E-state index in [1.165, 1.54) is 0 Å². The minimum Gasteiger partial charge on any atom is -0.396 e. The van der Waals surface area contributed by atoms with Crippen LogP contribution in [0.3, 0.4) is 0 Å². The van der Waals surface area contributed by atoms with Crippen molar-refractivity contribution in [2.24, 2.45) is 0 Å². The molecule has 6 nitrogen and oxygen atoms in total. The molecule has 1 aliphatic heterocycles. The van der Waals surface area contributed by atoms with Gasteiger partial charge in [-0.25, -0.2) is 4.98 Å². The van der Waals surface area contributed by atoms with Crippen molar-refractivity contribution in [2.75, 3.05) is 39.3 Å². The van der Waals surface area contributed by atoms with E-state index in [1.54, 1.807) is 17.1 Å². The number of aliphatic hydroxyl groups is 1. The van der Waals surface area contributed by atoms with Crippen LogP contribution in [0.1, 0.15) is 26.7 Å². The second-order valence-corrected chi connectivity index (χ2v) is 4.89. The highest BCUT2D eigenvalue weighted by atomic mass is 16.2. The number of rotatable bonds is 6. The fraction of sp³-hybridized carbons (Fsp3) is 0.733. The Hall–Kier alpha value is -1.40. The zero-order valence-corrected chi connectivity index (χ0v) is 13.2. The molecule has 2 rings (SSSR count). The van der Waals surface area contributed by atoms with E-state index in [1.807, 2.05) is 24.9 Å². The number of nitrogens with zero attached hydrogens (tertiary/aromatic N) is 4. The van der Waals surface area contributed by atoms with Gasteiger partial charge in [-0.15, -0.1) is 0 Å². The molecule has 1 saturated heterocycles. The zero-order chi connectivity index (χ0) is 15.5. The Kier molecular flexibility index (Phi) is 8.69. The Labute approximate surface area is 127 Å². The summed E-state index contributed by atoms with van der Waals surface area (Å²) in [6, 6.07) is 0. The zero-order valence-electron chi connectivity index (χ0n) is 13.2. The van der Waals surface area contributed by atoms with Crippen LogP contribution >= 0.6 is 0 Å². The molecule has 1 aliphatic rings. The molecule has 0 radical (unpaired) electrons. The van der Waals surface area contributed by atoms with E-state index in [2.05, 4.69) is 9.88 Å². The molecule has 1 amide bonds. The van der Waals surface area contributed by atoms with Gasteiger partial charge in [-0.05, 0) is 19.4 Å². The molecule has 0 spiro atoms. The number of carbonyl (C=O) groups excluding carboxylic acids is 1. The maximum Gasteiger partial charge on any atom is 0.242 e. The van der Waals surface area contributed by atoms with Gasteiger partial charge in [-0.1, -0.05) is 13.8 Å². The largest absolute Gasteiger partial charge is 0.396 e. The van der Waals surface area contributed by atoms with Crippen molar-refractivity contribution in [3.05, 3.63) is 18.7 Å². The molecule has 1 aromatic rings. The summed E-state index contributed by atoms with van der Waals surface area (Å²) in [6.07, 6.45) is 7.05. The van der Waals surface area contributed by atoms with Crippen LogP contribution in [0.2, 0.25) is 0 Å². The Morgan fingerprint density at radius 3 is 2.48 bits per heavy atom. The number of hydrogen-bond acceptors (Lipinski definition) is 4. The predicted octanol–water partition coefficient (Wildman–Crippen LogP) is 0.826. The Balaban J connectivity index is 0.00000106. The summed E-state index contributed by atoms with van der Waals surface area (Å²) in [5, 5.41) is 8.75. The quantitative estimate of drug-likeness (QED) is 0.790. The first-order chi connectivity index (χ1) is 10.3. The maximum absolute atomic E-state index is 12.1. The molecule has 0 aliphatic carbocycles. The van der Waals surface area contributed by atoms with Crippen LogP contribution in [0, 0.1) is 0 Å². The summed E-state index contributed by atoms with van der Waals surface area (Å²) in [7, 11) is 0. The molecular formula is C15H28N4O2. The molecule has 0 aromatic carbocycles. The van der Waals surface area contributed by atoms with E-state index in [-0.39, 0.29) is 12.5 Å². The topological polar surface area (TPSA) is 61.6 Å². The highest BCUT2D eigenvalue weighted by Gasteiger charge is 2.20. The van der Waals surface area contributed by atoms with Crippen molar-refractivity contribution in [1.82, 2.24) is 19.4 Å². The standard InChI is InChI=1S/C13H22N4O2.C2H6/c18-10-2-1-4-15-6-8-17(9-7-15)13(19)11-16-5-3-14-12-16;1-2/h3,5,12,18H,1-2,4,6-11H2;1-2H3. The lowest BCUT2D eigenvalue weighted by atomic mass is 10.2. The molecule has 0 saturated carbocycles. The van der Waals surface area contributed by atoms with Crippen LogP contribution in [0.15, 0.2) is 18.7 Å². The molecule has 0 atom stereocenters. The van der Waals surface area contributed by atoms with E-state index in [0.717, 1.165) is 45.6 Å². The molecule has 6 heteroatoms. The Bertz CT molecular complexity index is 373. The van der Waals surface area contributed by atoms with Gasteiger partial charge in [0.25, 0.3) is 0 Å². The van der Waals surface area contributed by atoms with Crippen molar-refractivity contribution in [1.29, 1.82) is 0 Å². The number of imidazole rings is 1. The average molecular weight is 296 g/mol. The number of piperazine rings is 1. The molecule has 1 fully saturated rings. The summed E-state index contributed by atoms with van der Waals surface area (Å²) >= 11 is 0. The van der Waals surface area contributed by atoms with Crippen LogP contribution in [-0.2, 0) is 11.3 Å². The minimum atomic E-state index is 0.160. The fourth-order valence-corrected chi connectivity index (χ4v) is 2.30. The van der Waals surface area contributed by atoms with Gasteiger partial charge in [-0.3, -0.25) is 9.69 Å². The second kappa shape index (κ2) is 10.3. The molecule has 21 heavy (non-hydrogen) atoms. The smallest absolute Gasteiger partial charge is 0.242 e. The molecule has 1 aromatic heterocycles. The first-order valence-corrected chi connectivity index (χ1v) is 7.86. The van der Waals surface area contributed by atoms with Crippen LogP contribution in [0.25, 0.3) is 0 Å². The Morgan fingerprint density at radius 2 is 1.90 bits per heavy atom. The average Bonchev–Trinajstić information content (AvgIpc) is 3.03. The van der Waals surface area contributed by atoms with Gasteiger partial charge in [0.15, 0.2) is 0 Å². The van der Waals surface area contributed by atoms with Crippen molar-refractivity contribution >= 4 is 5.91 Å². The Morgan fingerprint density at radius 1 is 1.19 bits per heavy atom. The number of carbonyl (C=O) groups is 1. The lowest BCUT2D eigenvalue weighted by molar-refractivity contribution is -0.133. The van der Waals surface area contributed by atoms with Gasteiger partial charge >= 0.3 is 0 Å². The molecule has 120 valence electrons. The third kappa shape index (κ3) is 6.27. The summed E-state index contributed by atoms with van der Waals surface area (Å²) in [5.74, 6) is 0.160. The maximum atomic E-state index is 12.1. The van der Waals surface area contributed by atoms with Crippen molar-refractivity contribution in [2.45, 2.75) is 33.2 Å². The fourth-order valence-electron chi connectivity index (χ4n) is 2.30. The van der Waals surface area contributed by atoms with Crippen LogP contribution in [0.4, 0.5) is 0 Å². The van der Waals surface area contributed by atoms with Crippen LogP contribution < -0.4 is 0 Å². The van der Waals surface area contributed by atoms with Gasteiger partial charge in [0, 0.05) is 45.2 Å². The third-order valence-corrected chi connectivity index (χ3v) is 3.48. The normalized spacial score (nSPS) is 15.5. The highest BCUT2D eigenvalue weighted by Crippen LogP contribution is 2.05. The van der Waals surface area contributed by atoms with E-state index < -0.39 is 0 Å². The minimum absolute atomic E-state index is 0.160. The highest BCUT2D eigenvalue weighted by molar-refractivity contribution is 5.76. The molecular weight excluding hydrogens is 268 g/mol. The van der Waals surface area contributed by atoms with Crippen molar-refractivity contribution < 1.29 is 9.90 Å². The van der Waals surface area contributed by atoms with E-state index in [0.29, 0.717) is 6.54 Å². The second-order valence-electron chi connectivity index (χ2n) is 4.89. The van der Waals surface area contributed by atoms with E-state index >= 15 is 0 Å². The predicted molar refractivity (Wildman–Crippen MR) is 82.9 cm³/mol. The SMILES string of the molecule is CC.O=C(Cn1ccnc1)N1CCN(CCCCO)CC1. The molecule has 0 bridgehead atoms. The molecule has 0 unspecified atom stereocenters. The number of unbranched alkanes of at least 4 members (excludes halogenated alkanes) is 1. The molecule has 1 N–H and O–H groups in total. The third-order valence-electron chi connectivity index (χ3n) is 3.48. The van der Waals surface area contributed by atoms with Crippen molar-refractivity contribution in [3.8, 4) is 0 Å². The summed E-state index contributed by atoms with van der Waals surface area (Å²) in [4.78, 5) is 20.3. The van der Waals surface area contributed by atoms with Gasteiger partial charge in [-0.2, -0.15) is 0 Å². The first-order valence-electron chi connectivity index (χ1n) is 7.86. The monoisotopic (exact) mass is 296 g/mol. The van der Waals surface area contributed by atoms with Gasteiger partial charge < -0.3 is 14.6 Å². The number of aromatic nitrogens is 2. The number of hydrogen-bond donors (Lipinski definition) is 1. The van der Waals surface area contributed by atoms with E-state index in [4.69, 9.17) is 5.11 Å². The van der Waals surface area contributed by atoms with Crippen LogP contribution in [-0.4, -0.2) is 69.7 Å². The lowest BCUT2D eigenvalue weighted by Crippen LogP contribution is -2.49. The number of aliphatic hydroxyl groups excluding tert-OH is 1. The lowest BCUT2D eigenvalue weighted by Gasteiger charge is -2.34. The van der Waals surface area contributed by atoms with Crippen molar-refractivity contribution in [3.63, 3.8) is 0 Å². The van der Waals surface area contributed by atoms with Gasteiger partial charge in [0.2, 0.25) is 5.91 Å².